The maximum atomic E-state index is 13.3. The third-order valence-corrected chi connectivity index (χ3v) is 7.83. The van der Waals surface area contributed by atoms with Gasteiger partial charge in [0.2, 0.25) is 11.8 Å². The van der Waals surface area contributed by atoms with Crippen LogP contribution in [-0.2, 0) is 16.0 Å². The van der Waals surface area contributed by atoms with Crippen LogP contribution in [0.1, 0.15) is 69.4 Å². The van der Waals surface area contributed by atoms with Gasteiger partial charge in [0.05, 0.1) is 0 Å². The third-order valence-electron chi connectivity index (χ3n) is 7.83. The largest absolute Gasteiger partial charge is 0.373 e. The van der Waals surface area contributed by atoms with E-state index in [2.05, 4.69) is 47.2 Å². The summed E-state index contributed by atoms with van der Waals surface area (Å²) in [6, 6.07) is 6.58. The lowest BCUT2D eigenvalue weighted by molar-refractivity contribution is -0.124. The molecule has 182 valence electrons. The second-order valence-electron chi connectivity index (χ2n) is 10.4. The van der Waals surface area contributed by atoms with Crippen LogP contribution < -0.4 is 27.0 Å². The summed E-state index contributed by atoms with van der Waals surface area (Å²) in [6.07, 6.45) is 7.94. The van der Waals surface area contributed by atoms with E-state index in [0.29, 0.717) is 25.2 Å². The van der Waals surface area contributed by atoms with Crippen molar-refractivity contribution in [3.05, 3.63) is 29.3 Å². The number of hydrogen-bond donors (Lipinski definition) is 5. The lowest BCUT2D eigenvalue weighted by Gasteiger charge is -2.37. The first kappa shape index (κ1) is 24.0. The molecule has 1 aliphatic carbocycles. The Labute approximate surface area is 198 Å². The summed E-state index contributed by atoms with van der Waals surface area (Å²) >= 11 is 0. The van der Waals surface area contributed by atoms with Crippen LogP contribution in [0.3, 0.4) is 0 Å². The number of nitrogens with two attached hydrogens (primary N) is 1. The van der Waals surface area contributed by atoms with Gasteiger partial charge in [0.1, 0.15) is 6.04 Å². The Bertz CT molecular complexity index is 836. The molecule has 0 aromatic heterocycles. The average molecular weight is 456 g/mol. The van der Waals surface area contributed by atoms with E-state index >= 15 is 0 Å². The summed E-state index contributed by atoms with van der Waals surface area (Å²) in [4.78, 5) is 26.0. The average Bonchev–Trinajstić information content (AvgIpc) is 3.25. The summed E-state index contributed by atoms with van der Waals surface area (Å²) in [5.41, 5.74) is 9.44. The van der Waals surface area contributed by atoms with Gasteiger partial charge in [0, 0.05) is 42.7 Å². The van der Waals surface area contributed by atoms with E-state index in [-0.39, 0.29) is 42.0 Å². The molecular weight excluding hydrogens is 414 g/mol. The molecule has 33 heavy (non-hydrogen) atoms. The van der Waals surface area contributed by atoms with Crippen molar-refractivity contribution in [2.75, 3.05) is 11.9 Å². The molecule has 4 atom stereocenters. The van der Waals surface area contributed by atoms with Crippen molar-refractivity contribution in [2.45, 2.75) is 102 Å². The van der Waals surface area contributed by atoms with Crippen LogP contribution in [0.2, 0.25) is 0 Å². The summed E-state index contributed by atoms with van der Waals surface area (Å²) in [7, 11) is 0. The molecule has 1 saturated carbocycles. The molecule has 0 bridgehead atoms. The summed E-state index contributed by atoms with van der Waals surface area (Å²) in [5.74, 6) is 0.569. The van der Waals surface area contributed by atoms with E-state index in [1.807, 2.05) is 6.07 Å². The number of rotatable bonds is 7. The summed E-state index contributed by atoms with van der Waals surface area (Å²) in [6.45, 7) is 5.28. The number of carbonyl (C=O) groups is 2. The predicted octanol–water partition coefficient (Wildman–Crippen LogP) is 2.37. The molecule has 4 unspecified atom stereocenters. The number of amides is 2. The van der Waals surface area contributed by atoms with Crippen molar-refractivity contribution in [3.63, 3.8) is 0 Å². The van der Waals surface area contributed by atoms with E-state index < -0.39 is 0 Å². The van der Waals surface area contributed by atoms with Crippen LogP contribution in [-0.4, -0.2) is 48.6 Å². The second kappa shape index (κ2) is 10.9. The van der Waals surface area contributed by atoms with Crippen molar-refractivity contribution in [3.8, 4) is 0 Å². The second-order valence-corrected chi connectivity index (χ2v) is 10.4. The van der Waals surface area contributed by atoms with Crippen LogP contribution in [0.15, 0.2) is 18.2 Å². The van der Waals surface area contributed by atoms with Crippen molar-refractivity contribution in [1.82, 2.24) is 16.0 Å². The Morgan fingerprint density at radius 2 is 1.97 bits per heavy atom. The lowest BCUT2D eigenvalue weighted by Crippen LogP contribution is -2.57. The zero-order chi connectivity index (χ0) is 23.4. The Hall–Kier alpha value is -2.12. The maximum Gasteiger partial charge on any atom is 0.243 e. The monoisotopic (exact) mass is 455 g/mol. The first-order valence-corrected chi connectivity index (χ1v) is 12.8. The number of hydrogen-bond acceptors (Lipinski definition) is 5. The van der Waals surface area contributed by atoms with Gasteiger partial charge in [0.25, 0.3) is 0 Å². The molecule has 2 heterocycles. The molecule has 1 aromatic carbocycles. The molecule has 2 fully saturated rings. The van der Waals surface area contributed by atoms with Gasteiger partial charge >= 0.3 is 0 Å². The van der Waals surface area contributed by atoms with Gasteiger partial charge in [-0.25, -0.2) is 0 Å². The number of aryl methyl sites for hydroxylation is 1. The quantitative estimate of drug-likeness (QED) is 0.434. The summed E-state index contributed by atoms with van der Waals surface area (Å²) in [5, 5.41) is 13.6. The molecule has 7 heteroatoms. The highest BCUT2D eigenvalue weighted by molar-refractivity contribution is 5.88. The normalized spacial score (nSPS) is 30.1. The predicted molar refractivity (Wildman–Crippen MR) is 132 cm³/mol. The number of nitrogens with one attached hydrogen (secondary N) is 4. The first-order valence-electron chi connectivity index (χ1n) is 12.8. The molecule has 6 N–H and O–H groups in total. The minimum absolute atomic E-state index is 0.0249. The number of piperidine rings is 1. The zero-order valence-corrected chi connectivity index (χ0v) is 20.2. The Morgan fingerprint density at radius 1 is 1.18 bits per heavy atom. The van der Waals surface area contributed by atoms with Crippen molar-refractivity contribution >= 4 is 17.5 Å². The highest BCUT2D eigenvalue weighted by Crippen LogP contribution is 2.29. The van der Waals surface area contributed by atoms with Gasteiger partial charge in [-0.3, -0.25) is 9.59 Å². The highest BCUT2D eigenvalue weighted by Gasteiger charge is 2.34. The standard InChI is InChI=1S/C26H41N5O2/c1-16-5-3-7-18-15-22(30-24(16)18)26(33)31-21(25-17(2)6-4-14-28-25)12-13-23(32)29-20-10-8-19(27)9-11-20/h3,5,7,17,19-22,25,28,30H,4,6,8-15,27H2,1-2H3,(H,29,32)(H,31,33). The van der Waals surface area contributed by atoms with Gasteiger partial charge in [-0.1, -0.05) is 25.1 Å². The smallest absolute Gasteiger partial charge is 0.243 e. The van der Waals surface area contributed by atoms with E-state index in [4.69, 9.17) is 5.73 Å². The number of benzene rings is 1. The van der Waals surface area contributed by atoms with Crippen molar-refractivity contribution in [2.24, 2.45) is 11.7 Å². The SMILES string of the molecule is Cc1cccc2c1NC(C(=O)NC(CCC(=O)NC1CCC(N)CC1)C1NCCCC1C)C2. The number of anilines is 1. The van der Waals surface area contributed by atoms with Crippen LogP contribution in [0.4, 0.5) is 5.69 Å². The molecule has 0 spiro atoms. The minimum Gasteiger partial charge on any atom is -0.373 e. The lowest BCUT2D eigenvalue weighted by atomic mass is 9.85. The van der Waals surface area contributed by atoms with Gasteiger partial charge in [-0.2, -0.15) is 0 Å². The fourth-order valence-electron chi connectivity index (χ4n) is 5.80. The number of fused-ring (bicyclic) bond motifs is 1. The van der Waals surface area contributed by atoms with E-state index in [1.54, 1.807) is 0 Å². The van der Waals surface area contributed by atoms with Crippen LogP contribution in [0.25, 0.3) is 0 Å². The maximum absolute atomic E-state index is 13.3. The van der Waals surface area contributed by atoms with Gasteiger partial charge < -0.3 is 27.0 Å². The molecule has 3 aliphatic rings. The van der Waals surface area contributed by atoms with Gasteiger partial charge in [0.15, 0.2) is 0 Å². The van der Waals surface area contributed by atoms with Gasteiger partial charge in [-0.15, -0.1) is 0 Å². The Balaban J connectivity index is 1.35. The van der Waals surface area contributed by atoms with E-state index in [9.17, 15) is 9.59 Å². The fourth-order valence-corrected chi connectivity index (χ4v) is 5.80. The fraction of sp³-hybridized carbons (Fsp3) is 0.692. The molecular formula is C26H41N5O2. The number of para-hydroxylation sites is 1. The van der Waals surface area contributed by atoms with Gasteiger partial charge in [-0.05, 0) is 75.5 Å². The molecule has 1 aromatic rings. The van der Waals surface area contributed by atoms with Crippen molar-refractivity contribution in [1.29, 1.82) is 0 Å². The number of carbonyl (C=O) groups excluding carboxylic acids is 2. The van der Waals surface area contributed by atoms with E-state index in [0.717, 1.165) is 50.8 Å². The van der Waals surface area contributed by atoms with Crippen LogP contribution >= 0.6 is 0 Å². The molecule has 0 radical (unpaired) electrons. The topological polar surface area (TPSA) is 108 Å². The third kappa shape index (κ3) is 6.07. The Kier molecular flexibility index (Phi) is 7.91. The first-order chi connectivity index (χ1) is 15.9. The Morgan fingerprint density at radius 3 is 2.70 bits per heavy atom. The van der Waals surface area contributed by atoms with Crippen LogP contribution in [0, 0.1) is 12.8 Å². The zero-order valence-electron chi connectivity index (χ0n) is 20.2. The molecule has 2 aliphatic heterocycles. The molecule has 1 saturated heterocycles. The molecule has 2 amide bonds. The molecule has 4 rings (SSSR count). The summed E-state index contributed by atoms with van der Waals surface area (Å²) < 4.78 is 0. The van der Waals surface area contributed by atoms with E-state index in [1.165, 1.54) is 11.1 Å². The van der Waals surface area contributed by atoms with Crippen molar-refractivity contribution < 1.29 is 9.59 Å². The highest BCUT2D eigenvalue weighted by atomic mass is 16.2. The minimum atomic E-state index is -0.261. The molecule has 7 nitrogen and oxygen atoms in total. The van der Waals surface area contributed by atoms with Crippen LogP contribution in [0.5, 0.6) is 0 Å².